The van der Waals surface area contributed by atoms with Crippen LogP contribution in [0.3, 0.4) is 0 Å². The molecule has 108 valence electrons. The molecule has 19 heavy (non-hydrogen) atoms. The fourth-order valence-electron chi connectivity index (χ4n) is 1.89. The number of guanidine groups is 1. The Bertz CT molecular complexity index is 391. The van der Waals surface area contributed by atoms with Crippen LogP contribution in [0.4, 0.5) is 0 Å². The Labute approximate surface area is 134 Å². The molecule has 0 saturated heterocycles. The lowest BCUT2D eigenvalue weighted by atomic mass is 10.1. The van der Waals surface area contributed by atoms with Crippen LogP contribution in [0.15, 0.2) is 29.3 Å². The van der Waals surface area contributed by atoms with Gasteiger partial charge in [-0.05, 0) is 18.9 Å². The van der Waals surface area contributed by atoms with Crippen LogP contribution in [-0.2, 0) is 6.54 Å². The summed E-state index contributed by atoms with van der Waals surface area (Å²) in [6, 6.07) is 8.55. The summed E-state index contributed by atoms with van der Waals surface area (Å²) in [5.74, 6) is 0.963. The fraction of sp³-hybridized carbons (Fsp3) is 0.533. The molecule has 0 unspecified atom stereocenters. The van der Waals surface area contributed by atoms with E-state index in [4.69, 9.17) is 0 Å². The van der Waals surface area contributed by atoms with E-state index in [9.17, 15) is 0 Å². The highest BCUT2D eigenvalue weighted by atomic mass is 127. The van der Waals surface area contributed by atoms with Gasteiger partial charge in [0.2, 0.25) is 0 Å². The van der Waals surface area contributed by atoms with E-state index in [0.717, 1.165) is 19.0 Å². The zero-order valence-corrected chi connectivity index (χ0v) is 14.8. The average Bonchev–Trinajstić information content (AvgIpc) is 2.37. The summed E-state index contributed by atoms with van der Waals surface area (Å²) < 4.78 is 0. The number of aryl methyl sites for hydroxylation is 1. The highest BCUT2D eigenvalue weighted by Crippen LogP contribution is 2.03. The molecule has 0 amide bonds. The number of nitrogens with one attached hydrogen (secondary N) is 1. The van der Waals surface area contributed by atoms with E-state index >= 15 is 0 Å². The monoisotopic (exact) mass is 375 g/mol. The van der Waals surface area contributed by atoms with Crippen LogP contribution < -0.4 is 5.32 Å². The van der Waals surface area contributed by atoms with E-state index in [1.54, 1.807) is 0 Å². The van der Waals surface area contributed by atoms with E-state index in [1.165, 1.54) is 24.0 Å². The van der Waals surface area contributed by atoms with Gasteiger partial charge in [-0.25, -0.2) is 0 Å². The third kappa shape index (κ3) is 6.80. The molecule has 0 aromatic heterocycles. The topological polar surface area (TPSA) is 27.6 Å². The maximum atomic E-state index is 4.31. The van der Waals surface area contributed by atoms with Crippen LogP contribution in [0.2, 0.25) is 0 Å². The Kier molecular flexibility index (Phi) is 9.65. The van der Waals surface area contributed by atoms with Gasteiger partial charge < -0.3 is 10.2 Å². The SMILES string of the molecule is CCCCN(C)C(=NC)NCc1cccc(C)c1.I. The molecule has 3 nitrogen and oxygen atoms in total. The van der Waals surface area contributed by atoms with Gasteiger partial charge in [-0.15, -0.1) is 24.0 Å². The summed E-state index contributed by atoms with van der Waals surface area (Å²) in [4.78, 5) is 6.49. The molecule has 0 radical (unpaired) electrons. The highest BCUT2D eigenvalue weighted by molar-refractivity contribution is 14.0. The Morgan fingerprint density at radius 1 is 1.37 bits per heavy atom. The van der Waals surface area contributed by atoms with Crippen molar-refractivity contribution in [2.24, 2.45) is 4.99 Å². The normalized spacial score (nSPS) is 10.8. The second kappa shape index (κ2) is 10.1. The van der Waals surface area contributed by atoms with Crippen molar-refractivity contribution in [1.82, 2.24) is 10.2 Å². The number of benzene rings is 1. The van der Waals surface area contributed by atoms with Crippen molar-refractivity contribution in [1.29, 1.82) is 0 Å². The minimum absolute atomic E-state index is 0. The fourth-order valence-corrected chi connectivity index (χ4v) is 1.89. The second-order valence-corrected chi connectivity index (χ2v) is 4.66. The number of nitrogens with zero attached hydrogens (tertiary/aromatic N) is 2. The molecular weight excluding hydrogens is 349 g/mol. The molecule has 0 bridgehead atoms. The number of rotatable bonds is 5. The van der Waals surface area contributed by atoms with Crippen molar-refractivity contribution in [2.45, 2.75) is 33.2 Å². The summed E-state index contributed by atoms with van der Waals surface area (Å²) in [5.41, 5.74) is 2.59. The van der Waals surface area contributed by atoms with Crippen LogP contribution in [-0.4, -0.2) is 31.5 Å². The molecule has 1 aromatic carbocycles. The van der Waals surface area contributed by atoms with E-state index < -0.39 is 0 Å². The molecule has 1 N–H and O–H groups in total. The average molecular weight is 375 g/mol. The lowest BCUT2D eigenvalue weighted by Crippen LogP contribution is -2.38. The van der Waals surface area contributed by atoms with Gasteiger partial charge in [-0.2, -0.15) is 0 Å². The largest absolute Gasteiger partial charge is 0.352 e. The predicted molar refractivity (Wildman–Crippen MR) is 94.3 cm³/mol. The van der Waals surface area contributed by atoms with Gasteiger partial charge in [-0.3, -0.25) is 4.99 Å². The van der Waals surface area contributed by atoms with Gasteiger partial charge in [0.15, 0.2) is 5.96 Å². The smallest absolute Gasteiger partial charge is 0.193 e. The standard InChI is InChI=1S/C15H25N3.HI/c1-5-6-10-18(4)15(16-3)17-12-14-9-7-8-13(2)11-14;/h7-9,11H,5-6,10,12H2,1-4H3,(H,16,17);1H. The van der Waals surface area contributed by atoms with Gasteiger partial charge in [-0.1, -0.05) is 43.2 Å². The molecule has 0 heterocycles. The summed E-state index contributed by atoms with van der Waals surface area (Å²) in [6.07, 6.45) is 2.40. The molecular formula is C15H26IN3. The van der Waals surface area contributed by atoms with Gasteiger partial charge in [0, 0.05) is 27.2 Å². The van der Waals surface area contributed by atoms with Gasteiger partial charge in [0.05, 0.1) is 0 Å². The van der Waals surface area contributed by atoms with Crippen LogP contribution in [0.1, 0.15) is 30.9 Å². The minimum atomic E-state index is 0. The number of halogens is 1. The summed E-state index contributed by atoms with van der Waals surface area (Å²) in [5, 5.41) is 3.40. The van der Waals surface area contributed by atoms with Crippen LogP contribution in [0.25, 0.3) is 0 Å². The molecule has 1 rings (SSSR count). The van der Waals surface area contributed by atoms with Crippen molar-refractivity contribution in [3.8, 4) is 0 Å². The zero-order valence-electron chi connectivity index (χ0n) is 12.4. The number of hydrogen-bond acceptors (Lipinski definition) is 1. The first-order valence-corrected chi connectivity index (χ1v) is 6.64. The molecule has 0 fully saturated rings. The molecule has 1 aromatic rings. The van der Waals surface area contributed by atoms with Gasteiger partial charge in [0.25, 0.3) is 0 Å². The molecule has 4 heteroatoms. The lowest BCUT2D eigenvalue weighted by molar-refractivity contribution is 0.464. The first-order chi connectivity index (χ1) is 8.67. The van der Waals surface area contributed by atoms with Crippen molar-refractivity contribution in [3.05, 3.63) is 35.4 Å². The van der Waals surface area contributed by atoms with Gasteiger partial charge >= 0.3 is 0 Å². The molecule has 0 atom stereocenters. The van der Waals surface area contributed by atoms with Gasteiger partial charge in [0.1, 0.15) is 0 Å². The van der Waals surface area contributed by atoms with E-state index in [-0.39, 0.29) is 24.0 Å². The molecule has 0 saturated carbocycles. The van der Waals surface area contributed by atoms with E-state index in [1.807, 2.05) is 7.05 Å². The Balaban J connectivity index is 0.00000324. The number of aliphatic imine (C=N–C) groups is 1. The van der Waals surface area contributed by atoms with Crippen LogP contribution >= 0.6 is 24.0 Å². The molecule has 0 spiro atoms. The molecule has 0 aliphatic heterocycles. The van der Waals surface area contributed by atoms with Crippen molar-refractivity contribution >= 4 is 29.9 Å². The summed E-state index contributed by atoms with van der Waals surface area (Å²) >= 11 is 0. The van der Waals surface area contributed by atoms with E-state index in [0.29, 0.717) is 0 Å². The lowest BCUT2D eigenvalue weighted by Gasteiger charge is -2.21. The second-order valence-electron chi connectivity index (χ2n) is 4.66. The third-order valence-electron chi connectivity index (χ3n) is 2.95. The minimum Gasteiger partial charge on any atom is -0.352 e. The van der Waals surface area contributed by atoms with E-state index in [2.05, 4.69) is 60.4 Å². The Morgan fingerprint density at radius 3 is 2.68 bits per heavy atom. The third-order valence-corrected chi connectivity index (χ3v) is 2.95. The van der Waals surface area contributed by atoms with Crippen molar-refractivity contribution in [2.75, 3.05) is 20.6 Å². The van der Waals surface area contributed by atoms with Crippen LogP contribution in [0, 0.1) is 6.92 Å². The molecule has 0 aliphatic carbocycles. The maximum Gasteiger partial charge on any atom is 0.193 e. The Morgan fingerprint density at radius 2 is 2.11 bits per heavy atom. The predicted octanol–water partition coefficient (Wildman–Crippen LogP) is 3.42. The summed E-state index contributed by atoms with van der Waals surface area (Å²) in [7, 11) is 3.92. The summed E-state index contributed by atoms with van der Waals surface area (Å²) in [6.45, 7) is 6.19. The first kappa shape index (κ1) is 18.2. The quantitative estimate of drug-likeness (QED) is 0.485. The first-order valence-electron chi connectivity index (χ1n) is 6.64. The highest BCUT2D eigenvalue weighted by Gasteiger charge is 2.04. The Hall–Kier alpha value is -0.780. The maximum absolute atomic E-state index is 4.31. The van der Waals surface area contributed by atoms with Crippen molar-refractivity contribution in [3.63, 3.8) is 0 Å². The van der Waals surface area contributed by atoms with Crippen molar-refractivity contribution < 1.29 is 0 Å². The number of hydrogen-bond donors (Lipinski definition) is 1. The number of unbranched alkanes of at least 4 members (excludes halogenated alkanes) is 1. The zero-order chi connectivity index (χ0) is 13.4. The molecule has 0 aliphatic rings. The van der Waals surface area contributed by atoms with Crippen LogP contribution in [0.5, 0.6) is 0 Å².